The van der Waals surface area contributed by atoms with Crippen LogP contribution in [0.1, 0.15) is 137 Å². The molecule has 30 nitrogen and oxygen atoms in total. The number of anilines is 2. The Kier molecular flexibility index (Phi) is 41.5. The molecule has 642 valence electrons. The second kappa shape index (κ2) is 53.3. The van der Waals surface area contributed by atoms with E-state index in [0.29, 0.717) is 113 Å². The summed E-state index contributed by atoms with van der Waals surface area (Å²) in [7, 11) is 0. The van der Waals surface area contributed by atoms with Crippen LogP contribution in [0, 0.1) is 13.8 Å². The Morgan fingerprint density at radius 2 is 0.725 bits per heavy atom. The molecule has 0 aliphatic carbocycles. The van der Waals surface area contributed by atoms with E-state index >= 15 is 0 Å². The molecular formula is C90H114N12O18. The number of rotatable bonds is 57. The van der Waals surface area contributed by atoms with Crippen LogP contribution in [0.4, 0.5) is 21.2 Å². The maximum Gasteiger partial charge on any atom is 0.407 e. The van der Waals surface area contributed by atoms with Gasteiger partial charge in [-0.05, 0) is 168 Å². The van der Waals surface area contributed by atoms with Crippen LogP contribution in [0.3, 0.4) is 0 Å². The lowest BCUT2D eigenvalue weighted by Crippen LogP contribution is -2.48. The number of nitrogens with zero attached hydrogens (tertiary/aromatic N) is 2. The maximum absolute atomic E-state index is 14.0. The van der Waals surface area contributed by atoms with Gasteiger partial charge in [-0.25, -0.2) is 19.6 Å². The van der Waals surface area contributed by atoms with Crippen LogP contribution in [0.25, 0.3) is 43.8 Å². The van der Waals surface area contributed by atoms with Crippen molar-refractivity contribution < 1.29 is 86.6 Å². The monoisotopic (exact) mass is 1650 g/mol. The molecule has 2 aromatic heterocycles. The molecule has 0 aliphatic rings. The second-order valence-corrected chi connectivity index (χ2v) is 28.8. The Bertz CT molecular complexity index is 4260. The van der Waals surface area contributed by atoms with E-state index in [1.54, 1.807) is 12.4 Å². The van der Waals surface area contributed by atoms with Crippen LogP contribution in [0.5, 0.6) is 0 Å². The first-order valence-electron chi connectivity index (χ1n) is 41.1. The van der Waals surface area contributed by atoms with Crippen LogP contribution in [-0.4, -0.2) is 197 Å². The van der Waals surface area contributed by atoms with Crippen molar-refractivity contribution in [2.75, 3.05) is 116 Å². The number of nitrogens with one attached hydrogen (secondary N) is 10. The summed E-state index contributed by atoms with van der Waals surface area (Å²) >= 11 is 0. The third-order valence-corrected chi connectivity index (χ3v) is 19.4. The van der Waals surface area contributed by atoms with Crippen molar-refractivity contribution >= 4 is 92.7 Å². The zero-order chi connectivity index (χ0) is 85.3. The van der Waals surface area contributed by atoms with Gasteiger partial charge in [0.25, 0.3) is 0 Å². The van der Waals surface area contributed by atoms with Crippen molar-refractivity contribution in [3.8, 4) is 22.3 Å². The van der Waals surface area contributed by atoms with E-state index in [1.807, 2.05) is 172 Å². The third-order valence-electron chi connectivity index (χ3n) is 19.4. The van der Waals surface area contributed by atoms with E-state index in [9.17, 15) is 58.2 Å². The average Bonchev–Trinajstić information content (AvgIpc) is 0.811. The predicted molar refractivity (Wildman–Crippen MR) is 456 cm³/mol. The van der Waals surface area contributed by atoms with Crippen LogP contribution in [-0.2, 0) is 66.8 Å². The first kappa shape index (κ1) is 93.4. The summed E-state index contributed by atoms with van der Waals surface area (Å²) < 4.78 is 32.4. The highest BCUT2D eigenvalue weighted by Gasteiger charge is 2.28. The molecule has 120 heavy (non-hydrogen) atoms. The van der Waals surface area contributed by atoms with E-state index < -0.39 is 60.1 Å². The van der Waals surface area contributed by atoms with Gasteiger partial charge in [-0.1, -0.05) is 133 Å². The molecule has 30 heteroatoms. The molecule has 0 saturated carbocycles. The molecule has 2 unspecified atom stereocenters. The molecule has 0 spiro atoms. The number of benzene rings is 6. The normalized spacial score (nSPS) is 12.1. The molecule has 8 aromatic rings. The van der Waals surface area contributed by atoms with Gasteiger partial charge < -0.3 is 91.8 Å². The summed E-state index contributed by atoms with van der Waals surface area (Å²) in [5, 5.41) is 53.1. The number of ether oxygens (including phenoxy) is 6. The standard InChI is InChI=1S/C90H114N12O18/c1-63-37-47-93-79(59-63)91-45-15-27-83(105)99-75(87(111)101-77(61-85(107)108)69-33-29-67(30-34-69)73-23-13-19-65-17-3-5-21-71(65)73)25-7-9-41-95-81(103)39-49-115-51-53-117-55-57-119-89(113)97-43-11-12-44-98-90(114)120-58-56-118-54-52-116-50-40-82(104)96-42-10-8-26-76(100-84(106)28-16-46-92-80-60-64(2)38-48-94-80)88(112)102-78(62-86(109)110)70-35-31-68(32-36-70)74-24-14-20-66-18-4-6-22-72(66)74/h3-6,13-14,17-24,29-38,47-48,59-60,75-78H,7-12,15-16,25-28,39-46,49-58,61-62H2,1-2H3,(H,91,93)(H,92,94)(H,95,103)(H,96,104)(H,97,113)(H,98,114)(H,99,105)(H,100,106)(H,101,111)(H,102,112)(H,107,108)(H,109,110)/t75-,76-,77?,78?/m0/s1. The molecule has 6 aromatic carbocycles. The number of carbonyl (C=O) groups excluding carboxylic acids is 8. The quantitative estimate of drug-likeness (QED) is 0.0158. The zero-order valence-corrected chi connectivity index (χ0v) is 68.4. The Labute approximate surface area is 699 Å². The van der Waals surface area contributed by atoms with Gasteiger partial charge in [-0.3, -0.25) is 38.4 Å². The Morgan fingerprint density at radius 3 is 1.12 bits per heavy atom. The summed E-state index contributed by atoms with van der Waals surface area (Å²) in [6.45, 7) is 7.42. The zero-order valence-electron chi connectivity index (χ0n) is 68.4. The van der Waals surface area contributed by atoms with Gasteiger partial charge in [0.2, 0.25) is 35.4 Å². The van der Waals surface area contributed by atoms with E-state index in [-0.39, 0.29) is 141 Å². The summed E-state index contributed by atoms with van der Waals surface area (Å²) in [5.74, 6) is -3.02. The highest BCUT2D eigenvalue weighted by Crippen LogP contribution is 2.32. The fraction of sp³-hybridized carbons (Fsp3) is 0.422. The number of aliphatic carboxylic acids is 2. The summed E-state index contributed by atoms with van der Waals surface area (Å²) in [6, 6.07) is 46.9. The molecule has 0 saturated heterocycles. The third kappa shape index (κ3) is 35.6. The largest absolute Gasteiger partial charge is 0.481 e. The lowest BCUT2D eigenvalue weighted by molar-refractivity contribution is -0.139. The van der Waals surface area contributed by atoms with Crippen LogP contribution in [0.15, 0.2) is 170 Å². The van der Waals surface area contributed by atoms with Crippen molar-refractivity contribution in [2.24, 2.45) is 0 Å². The number of aryl methyl sites for hydroxylation is 2. The molecule has 12 N–H and O–H groups in total. The highest BCUT2D eigenvalue weighted by molar-refractivity contribution is 5.98. The number of pyridine rings is 2. The predicted octanol–water partition coefficient (Wildman–Crippen LogP) is 11.1. The van der Waals surface area contributed by atoms with Gasteiger partial charge in [0.1, 0.15) is 36.9 Å². The first-order valence-corrected chi connectivity index (χ1v) is 41.1. The number of unbranched alkanes of at least 4 members (excludes halogenated alkanes) is 3. The van der Waals surface area contributed by atoms with Gasteiger partial charge in [-0.15, -0.1) is 0 Å². The van der Waals surface area contributed by atoms with Gasteiger partial charge in [0, 0.05) is 77.3 Å². The number of carboxylic acids is 2. The second-order valence-electron chi connectivity index (χ2n) is 28.8. The fourth-order valence-electron chi connectivity index (χ4n) is 13.1. The number of hydrogen-bond donors (Lipinski definition) is 12. The van der Waals surface area contributed by atoms with E-state index in [2.05, 4.69) is 63.1 Å². The van der Waals surface area contributed by atoms with Crippen LogP contribution < -0.4 is 53.2 Å². The van der Waals surface area contributed by atoms with Crippen molar-refractivity contribution in [1.29, 1.82) is 0 Å². The Morgan fingerprint density at radius 1 is 0.358 bits per heavy atom. The van der Waals surface area contributed by atoms with Crippen molar-refractivity contribution in [3.63, 3.8) is 0 Å². The summed E-state index contributed by atoms with van der Waals surface area (Å²) in [5.41, 5.74) is 7.18. The van der Waals surface area contributed by atoms with Crippen LogP contribution in [0.2, 0.25) is 0 Å². The summed E-state index contributed by atoms with van der Waals surface area (Å²) in [4.78, 5) is 137. The topological polar surface area (TPSA) is 413 Å². The van der Waals surface area contributed by atoms with Gasteiger partial charge >= 0.3 is 24.1 Å². The Balaban J connectivity index is 0.603. The number of aromatic nitrogens is 2. The van der Waals surface area contributed by atoms with E-state index in [4.69, 9.17) is 28.4 Å². The summed E-state index contributed by atoms with van der Waals surface area (Å²) in [6.07, 6.45) is 6.22. The molecule has 8 rings (SSSR count). The maximum atomic E-state index is 14.0. The van der Waals surface area contributed by atoms with E-state index in [0.717, 1.165) is 54.9 Å². The molecule has 0 fully saturated rings. The molecule has 8 amide bonds. The number of hydrogen-bond acceptors (Lipinski definition) is 20. The first-order chi connectivity index (χ1) is 58.3. The fourth-order valence-corrected chi connectivity index (χ4v) is 13.1. The molecule has 2 heterocycles. The minimum atomic E-state index is -1.10. The molecule has 4 atom stereocenters. The smallest absolute Gasteiger partial charge is 0.407 e. The number of amides is 8. The van der Waals surface area contributed by atoms with Crippen molar-refractivity contribution in [2.45, 2.75) is 141 Å². The minimum Gasteiger partial charge on any atom is -0.481 e. The molecular weight excluding hydrogens is 1540 g/mol. The number of alkyl carbamates (subject to hydrolysis) is 2. The van der Waals surface area contributed by atoms with Gasteiger partial charge in [0.05, 0.1) is 77.8 Å². The van der Waals surface area contributed by atoms with Gasteiger partial charge in [-0.2, -0.15) is 0 Å². The lowest BCUT2D eigenvalue weighted by atomic mass is 9.95. The van der Waals surface area contributed by atoms with Crippen molar-refractivity contribution in [1.82, 2.24) is 52.5 Å². The molecule has 0 aliphatic heterocycles. The van der Waals surface area contributed by atoms with Gasteiger partial charge in [0.15, 0.2) is 0 Å². The number of carboxylic acid groups (broad SMARTS) is 2. The Hall–Kier alpha value is -12.1. The minimum absolute atomic E-state index is 0.000985. The number of carbonyl (C=O) groups is 10. The lowest BCUT2D eigenvalue weighted by Gasteiger charge is -2.23. The van der Waals surface area contributed by atoms with Crippen molar-refractivity contribution in [3.05, 3.63) is 192 Å². The van der Waals surface area contributed by atoms with Crippen LogP contribution >= 0.6 is 0 Å². The number of fused-ring (bicyclic) bond motifs is 2. The SMILES string of the molecule is Cc1ccnc(NCCCC(=O)N[C@@H](CCCCNC(=O)CCOCCOCCOC(=O)NCCCCNC(=O)OCCOCCOCCC(=O)NCCCC[C@H](NC(=O)CCCNc2cc(C)ccn2)C(=O)NC(CC(=O)O)c2ccc(-c3cccc4ccccc34)cc2)C(=O)NC(CC(=O)O)c2ccc(-c3cccc4ccccc34)cc2)c1. The average molecular weight is 1650 g/mol. The molecule has 0 bridgehead atoms. The van der Waals surface area contributed by atoms with E-state index in [1.165, 1.54) is 0 Å². The highest BCUT2D eigenvalue weighted by atomic mass is 16.6. The molecule has 0 radical (unpaired) electrons.